The zero-order valence-electron chi connectivity index (χ0n) is 14.3. The molecule has 0 saturated heterocycles. The van der Waals surface area contributed by atoms with Crippen LogP contribution in [0.1, 0.15) is 49.6 Å². The summed E-state index contributed by atoms with van der Waals surface area (Å²) in [4.78, 5) is 28.2. The van der Waals surface area contributed by atoms with Gasteiger partial charge in [0.2, 0.25) is 0 Å². The van der Waals surface area contributed by atoms with Crippen LogP contribution in [0, 0.1) is 6.92 Å². The smallest absolute Gasteiger partial charge is 0.256 e. The van der Waals surface area contributed by atoms with Crippen molar-refractivity contribution in [1.82, 2.24) is 4.90 Å². The average Bonchev–Trinajstić information content (AvgIpc) is 2.92. The van der Waals surface area contributed by atoms with Crippen molar-refractivity contribution in [2.75, 3.05) is 19.4 Å². The molecular weight excluding hydrogens is 320 g/mol. The number of thiophene rings is 1. The minimum Gasteiger partial charge on any atom is -0.345 e. The van der Waals surface area contributed by atoms with E-state index in [1.54, 1.807) is 30.3 Å². The van der Waals surface area contributed by atoms with Gasteiger partial charge in [0.1, 0.15) is 5.00 Å². The van der Waals surface area contributed by atoms with Gasteiger partial charge in [-0.2, -0.15) is 0 Å². The minimum atomic E-state index is -0.153. The molecule has 5 heteroatoms. The molecule has 0 fully saturated rings. The van der Waals surface area contributed by atoms with E-state index in [-0.39, 0.29) is 11.8 Å². The zero-order valence-corrected chi connectivity index (χ0v) is 15.1. The second kappa shape index (κ2) is 6.77. The third kappa shape index (κ3) is 3.08. The van der Waals surface area contributed by atoms with Crippen LogP contribution < -0.4 is 5.32 Å². The summed E-state index contributed by atoms with van der Waals surface area (Å²) in [6.45, 7) is 1.92. The molecule has 2 amide bonds. The molecule has 1 aliphatic rings. The lowest BCUT2D eigenvalue weighted by Crippen LogP contribution is -2.24. The number of anilines is 1. The molecular formula is C19H22N2O2S. The lowest BCUT2D eigenvalue weighted by atomic mass is 9.95. The number of hydrogen-bond donors (Lipinski definition) is 1. The lowest BCUT2D eigenvalue weighted by Gasteiger charge is -2.16. The number of nitrogens with zero attached hydrogens (tertiary/aromatic N) is 1. The highest BCUT2D eigenvalue weighted by Crippen LogP contribution is 2.38. The Kier molecular flexibility index (Phi) is 4.71. The van der Waals surface area contributed by atoms with Gasteiger partial charge in [-0.15, -0.1) is 11.3 Å². The number of carbonyl (C=O) groups excluding carboxylic acids is 2. The van der Waals surface area contributed by atoms with E-state index < -0.39 is 0 Å². The number of fused-ring (bicyclic) bond motifs is 1. The van der Waals surface area contributed by atoms with Gasteiger partial charge in [-0.3, -0.25) is 9.59 Å². The van der Waals surface area contributed by atoms with Crippen LogP contribution >= 0.6 is 11.3 Å². The summed E-state index contributed by atoms with van der Waals surface area (Å²) >= 11 is 1.56. The Hall–Kier alpha value is -2.14. The lowest BCUT2D eigenvalue weighted by molar-refractivity contribution is 0.0828. The van der Waals surface area contributed by atoms with Crippen LogP contribution in [0.15, 0.2) is 24.3 Å². The van der Waals surface area contributed by atoms with Crippen LogP contribution in [0.3, 0.4) is 0 Å². The first-order valence-electron chi connectivity index (χ1n) is 8.22. The van der Waals surface area contributed by atoms with Crippen LogP contribution in [-0.2, 0) is 12.8 Å². The quantitative estimate of drug-likeness (QED) is 0.920. The van der Waals surface area contributed by atoms with Gasteiger partial charge in [0.05, 0.1) is 5.56 Å². The normalized spacial score (nSPS) is 13.3. The summed E-state index contributed by atoms with van der Waals surface area (Å²) in [7, 11) is 3.50. The SMILES string of the molecule is Cc1ccccc1C(=O)Nc1sc2c(c1C(=O)N(C)C)CCCC2. The molecule has 24 heavy (non-hydrogen) atoms. The second-order valence-corrected chi connectivity index (χ2v) is 7.49. The van der Waals surface area contributed by atoms with Crippen molar-refractivity contribution in [2.24, 2.45) is 0 Å². The summed E-state index contributed by atoms with van der Waals surface area (Å²) in [6.07, 6.45) is 4.16. The Labute approximate surface area is 146 Å². The summed E-state index contributed by atoms with van der Waals surface area (Å²) < 4.78 is 0. The van der Waals surface area contributed by atoms with Crippen molar-refractivity contribution in [1.29, 1.82) is 0 Å². The van der Waals surface area contributed by atoms with E-state index in [0.717, 1.165) is 36.8 Å². The van der Waals surface area contributed by atoms with E-state index in [1.165, 1.54) is 4.88 Å². The number of amides is 2. The Bertz CT molecular complexity index is 793. The van der Waals surface area contributed by atoms with Gasteiger partial charge in [0, 0.05) is 24.5 Å². The van der Waals surface area contributed by atoms with Crippen LogP contribution in [0.2, 0.25) is 0 Å². The Balaban J connectivity index is 1.98. The molecule has 1 N–H and O–H groups in total. The van der Waals surface area contributed by atoms with Crippen LogP contribution in [0.25, 0.3) is 0 Å². The molecule has 0 saturated carbocycles. The molecule has 1 aliphatic carbocycles. The van der Waals surface area contributed by atoms with E-state index in [0.29, 0.717) is 16.1 Å². The average molecular weight is 342 g/mol. The summed E-state index contributed by atoms with van der Waals surface area (Å²) in [6, 6.07) is 7.50. The standard InChI is InChI=1S/C19H22N2O2S/c1-12-8-4-5-9-13(12)17(22)20-18-16(19(23)21(2)3)14-10-6-7-11-15(14)24-18/h4-5,8-9H,6-7,10-11H2,1-3H3,(H,20,22). The largest absolute Gasteiger partial charge is 0.345 e. The van der Waals surface area contributed by atoms with Gasteiger partial charge in [-0.05, 0) is 49.8 Å². The van der Waals surface area contributed by atoms with Gasteiger partial charge >= 0.3 is 0 Å². The Morgan fingerprint density at radius 2 is 1.83 bits per heavy atom. The molecule has 3 rings (SSSR count). The van der Waals surface area contributed by atoms with Crippen molar-refractivity contribution in [3.05, 3.63) is 51.4 Å². The fourth-order valence-electron chi connectivity index (χ4n) is 3.10. The molecule has 1 aromatic heterocycles. The zero-order chi connectivity index (χ0) is 17.3. The van der Waals surface area contributed by atoms with Gasteiger partial charge < -0.3 is 10.2 Å². The van der Waals surface area contributed by atoms with Crippen molar-refractivity contribution >= 4 is 28.2 Å². The molecule has 0 unspecified atom stereocenters. The third-order valence-corrected chi connectivity index (χ3v) is 5.62. The molecule has 2 aromatic rings. The van der Waals surface area contributed by atoms with Gasteiger partial charge in [-0.25, -0.2) is 0 Å². The molecule has 1 heterocycles. The number of aryl methyl sites for hydroxylation is 2. The molecule has 0 aliphatic heterocycles. The first kappa shape index (κ1) is 16.7. The molecule has 0 atom stereocenters. The maximum absolute atomic E-state index is 12.7. The van der Waals surface area contributed by atoms with Crippen LogP contribution in [0.4, 0.5) is 5.00 Å². The van der Waals surface area contributed by atoms with Gasteiger partial charge in [0.15, 0.2) is 0 Å². The van der Waals surface area contributed by atoms with Crippen molar-refractivity contribution < 1.29 is 9.59 Å². The number of nitrogens with one attached hydrogen (secondary N) is 1. The minimum absolute atomic E-state index is 0.0329. The first-order chi connectivity index (χ1) is 11.5. The van der Waals surface area contributed by atoms with Crippen LogP contribution in [0.5, 0.6) is 0 Å². The molecule has 0 spiro atoms. The molecule has 126 valence electrons. The van der Waals surface area contributed by atoms with E-state index in [4.69, 9.17) is 0 Å². The maximum Gasteiger partial charge on any atom is 0.256 e. The highest BCUT2D eigenvalue weighted by atomic mass is 32.1. The van der Waals surface area contributed by atoms with E-state index in [1.807, 2.05) is 31.2 Å². The maximum atomic E-state index is 12.7. The molecule has 1 aromatic carbocycles. The highest BCUT2D eigenvalue weighted by molar-refractivity contribution is 7.17. The summed E-state index contributed by atoms with van der Waals surface area (Å²) in [5, 5.41) is 3.68. The number of rotatable bonds is 3. The monoisotopic (exact) mass is 342 g/mol. The first-order valence-corrected chi connectivity index (χ1v) is 9.04. The van der Waals surface area contributed by atoms with Crippen LogP contribution in [-0.4, -0.2) is 30.8 Å². The van der Waals surface area contributed by atoms with E-state index >= 15 is 0 Å². The molecule has 0 bridgehead atoms. The van der Waals surface area contributed by atoms with Crippen molar-refractivity contribution in [3.63, 3.8) is 0 Å². The second-order valence-electron chi connectivity index (χ2n) is 6.38. The number of benzene rings is 1. The van der Waals surface area contributed by atoms with Crippen molar-refractivity contribution in [2.45, 2.75) is 32.6 Å². The predicted molar refractivity (Wildman–Crippen MR) is 98.1 cm³/mol. The Morgan fingerprint density at radius 1 is 1.12 bits per heavy atom. The van der Waals surface area contributed by atoms with Crippen molar-refractivity contribution in [3.8, 4) is 0 Å². The molecule has 0 radical (unpaired) electrons. The van der Waals surface area contributed by atoms with E-state index in [9.17, 15) is 9.59 Å². The fraction of sp³-hybridized carbons (Fsp3) is 0.368. The number of hydrogen-bond acceptors (Lipinski definition) is 3. The highest BCUT2D eigenvalue weighted by Gasteiger charge is 2.27. The summed E-state index contributed by atoms with van der Waals surface area (Å²) in [5.74, 6) is -0.186. The molecule has 4 nitrogen and oxygen atoms in total. The predicted octanol–water partition coefficient (Wildman–Crippen LogP) is 3.89. The third-order valence-electron chi connectivity index (χ3n) is 4.41. The fourth-order valence-corrected chi connectivity index (χ4v) is 4.38. The topological polar surface area (TPSA) is 49.4 Å². The Morgan fingerprint density at radius 3 is 2.54 bits per heavy atom. The number of carbonyl (C=O) groups is 2. The van der Waals surface area contributed by atoms with Gasteiger partial charge in [-0.1, -0.05) is 18.2 Å². The van der Waals surface area contributed by atoms with E-state index in [2.05, 4.69) is 5.32 Å². The van der Waals surface area contributed by atoms with Gasteiger partial charge in [0.25, 0.3) is 11.8 Å². The summed E-state index contributed by atoms with van der Waals surface area (Å²) in [5.41, 5.74) is 3.38.